The van der Waals surface area contributed by atoms with E-state index in [-0.39, 0.29) is 11.0 Å². The van der Waals surface area contributed by atoms with E-state index in [1.54, 1.807) is 11.3 Å². The van der Waals surface area contributed by atoms with Crippen LogP contribution in [0.2, 0.25) is 0 Å². The molecule has 1 aliphatic rings. The Balaban J connectivity index is 2.10. The number of nitrogens with one attached hydrogen (secondary N) is 1. The summed E-state index contributed by atoms with van der Waals surface area (Å²) in [4.78, 5) is 4.83. The third-order valence-corrected chi connectivity index (χ3v) is 5.26. The summed E-state index contributed by atoms with van der Waals surface area (Å²) in [5.74, 6) is 0. The average molecular weight is 296 g/mol. The van der Waals surface area contributed by atoms with Gasteiger partial charge in [-0.25, -0.2) is 4.98 Å². The molecule has 1 aromatic heterocycles. The van der Waals surface area contributed by atoms with Crippen LogP contribution in [0.15, 0.2) is 5.38 Å². The first-order chi connectivity index (χ1) is 9.41. The highest BCUT2D eigenvalue weighted by molar-refractivity contribution is 7.09. The maximum atomic E-state index is 5.85. The Hall–Kier alpha value is -0.450. The second-order valence-corrected chi connectivity index (χ2v) is 7.76. The van der Waals surface area contributed by atoms with Crippen molar-refractivity contribution in [1.29, 1.82) is 0 Å². The molecule has 0 aromatic carbocycles. The van der Waals surface area contributed by atoms with Crippen LogP contribution in [-0.2, 0) is 16.6 Å². The monoisotopic (exact) mass is 296 g/mol. The number of thiazole rings is 1. The normalized spacial score (nSPS) is 19.6. The Bertz CT molecular complexity index is 426. The fraction of sp³-hybridized carbons (Fsp3) is 0.812. The summed E-state index contributed by atoms with van der Waals surface area (Å²) in [6, 6.07) is 0.380. The predicted octanol–water partition coefficient (Wildman–Crippen LogP) is 3.53. The van der Waals surface area contributed by atoms with Crippen molar-refractivity contribution >= 4 is 11.3 Å². The minimum atomic E-state index is 0.0313. The maximum Gasteiger partial charge on any atom is 0.0945 e. The van der Waals surface area contributed by atoms with Crippen LogP contribution < -0.4 is 5.32 Å². The first-order valence-corrected chi connectivity index (χ1v) is 8.52. The van der Waals surface area contributed by atoms with Crippen molar-refractivity contribution in [3.63, 3.8) is 0 Å². The lowest BCUT2D eigenvalue weighted by Crippen LogP contribution is -2.57. The highest BCUT2D eigenvalue weighted by Crippen LogP contribution is 2.39. The first-order valence-electron chi connectivity index (χ1n) is 7.65. The summed E-state index contributed by atoms with van der Waals surface area (Å²) in [6.07, 6.45) is 4.58. The molecule has 0 aliphatic heterocycles. The van der Waals surface area contributed by atoms with Crippen LogP contribution in [-0.4, -0.2) is 30.3 Å². The number of nitrogens with zero attached hydrogens (tertiary/aromatic N) is 1. The van der Waals surface area contributed by atoms with Crippen molar-refractivity contribution in [2.75, 3.05) is 13.7 Å². The predicted molar refractivity (Wildman–Crippen MR) is 85.6 cm³/mol. The van der Waals surface area contributed by atoms with Gasteiger partial charge in [-0.15, -0.1) is 11.3 Å². The molecular formula is C16H28N2OS. The third-order valence-electron chi connectivity index (χ3n) is 4.39. The van der Waals surface area contributed by atoms with Gasteiger partial charge < -0.3 is 10.1 Å². The zero-order valence-corrected chi connectivity index (χ0v) is 14.3. The molecule has 1 N–H and O–H groups in total. The molecule has 0 bridgehead atoms. The fourth-order valence-electron chi connectivity index (χ4n) is 2.83. The van der Waals surface area contributed by atoms with Crippen LogP contribution in [0.5, 0.6) is 0 Å². The van der Waals surface area contributed by atoms with Crippen molar-refractivity contribution in [1.82, 2.24) is 10.3 Å². The second kappa shape index (κ2) is 6.12. The topological polar surface area (TPSA) is 34.2 Å². The number of likely N-dealkylation sites (N-methyl/N-ethyl adjacent to an activating group) is 1. The molecule has 3 nitrogen and oxygen atoms in total. The fourth-order valence-corrected chi connectivity index (χ4v) is 3.90. The van der Waals surface area contributed by atoms with E-state index in [0.29, 0.717) is 6.04 Å². The van der Waals surface area contributed by atoms with E-state index >= 15 is 0 Å². The van der Waals surface area contributed by atoms with E-state index in [1.165, 1.54) is 30.0 Å². The number of rotatable bonds is 6. The molecule has 1 saturated carbocycles. The second-order valence-electron chi connectivity index (χ2n) is 6.81. The Morgan fingerprint density at radius 3 is 2.55 bits per heavy atom. The summed E-state index contributed by atoms with van der Waals surface area (Å²) < 4.78 is 5.85. The molecule has 0 saturated heterocycles. The van der Waals surface area contributed by atoms with Crippen LogP contribution in [0.1, 0.15) is 57.7 Å². The van der Waals surface area contributed by atoms with Crippen LogP contribution in [0.25, 0.3) is 0 Å². The maximum absolute atomic E-state index is 5.85. The first kappa shape index (κ1) is 15.9. The Kier molecular flexibility index (Phi) is 4.88. The van der Waals surface area contributed by atoms with Gasteiger partial charge in [0.25, 0.3) is 0 Å². The number of hydrogen-bond donors (Lipinski definition) is 1. The lowest BCUT2D eigenvalue weighted by Gasteiger charge is -2.46. The molecule has 0 radical (unpaired) electrons. The number of ether oxygens (including phenoxy) is 1. The van der Waals surface area contributed by atoms with E-state index in [4.69, 9.17) is 9.72 Å². The molecular weight excluding hydrogens is 268 g/mol. The van der Waals surface area contributed by atoms with Gasteiger partial charge in [0.2, 0.25) is 0 Å². The van der Waals surface area contributed by atoms with Crippen molar-refractivity contribution in [2.24, 2.45) is 0 Å². The van der Waals surface area contributed by atoms with E-state index in [0.717, 1.165) is 13.0 Å². The van der Waals surface area contributed by atoms with Gasteiger partial charge in [0.15, 0.2) is 0 Å². The summed E-state index contributed by atoms with van der Waals surface area (Å²) >= 11 is 1.79. The summed E-state index contributed by atoms with van der Waals surface area (Å²) in [6.45, 7) is 9.80. The van der Waals surface area contributed by atoms with Crippen LogP contribution in [0.3, 0.4) is 0 Å². The van der Waals surface area contributed by atoms with Gasteiger partial charge in [-0.05, 0) is 25.8 Å². The van der Waals surface area contributed by atoms with Crippen molar-refractivity contribution in [3.8, 4) is 0 Å². The molecule has 1 fully saturated rings. The van der Waals surface area contributed by atoms with Crippen molar-refractivity contribution in [3.05, 3.63) is 16.1 Å². The largest absolute Gasteiger partial charge is 0.377 e. The summed E-state index contributed by atoms with van der Waals surface area (Å²) in [5, 5.41) is 7.05. The average Bonchev–Trinajstić information content (AvgIpc) is 2.77. The van der Waals surface area contributed by atoms with Crippen LogP contribution in [0.4, 0.5) is 0 Å². The standard InChI is InChI=1S/C16H28N2OS/c1-6-17-12(16(19-5)8-7-9-16)10-14-18-13(11-20-14)15(2,3)4/h11-12,17H,6-10H2,1-5H3. The molecule has 0 amide bonds. The molecule has 1 heterocycles. The lowest BCUT2D eigenvalue weighted by molar-refractivity contribution is -0.0978. The zero-order chi connectivity index (χ0) is 14.8. The molecule has 114 valence electrons. The van der Waals surface area contributed by atoms with Gasteiger partial charge in [-0.2, -0.15) is 0 Å². The summed E-state index contributed by atoms with van der Waals surface area (Å²) in [7, 11) is 1.85. The van der Waals surface area contributed by atoms with E-state index < -0.39 is 0 Å². The van der Waals surface area contributed by atoms with Gasteiger partial charge in [-0.3, -0.25) is 0 Å². The Morgan fingerprint density at radius 1 is 1.45 bits per heavy atom. The number of aromatic nitrogens is 1. The molecule has 1 aliphatic carbocycles. The van der Waals surface area contributed by atoms with Gasteiger partial charge in [-0.1, -0.05) is 27.7 Å². The molecule has 4 heteroatoms. The lowest BCUT2D eigenvalue weighted by atomic mass is 9.73. The van der Waals surface area contributed by atoms with E-state index in [9.17, 15) is 0 Å². The summed E-state index contributed by atoms with van der Waals surface area (Å²) in [5.41, 5.74) is 1.37. The smallest absolute Gasteiger partial charge is 0.0945 e. The van der Waals surface area contributed by atoms with Crippen LogP contribution >= 0.6 is 11.3 Å². The van der Waals surface area contributed by atoms with Crippen LogP contribution in [0, 0.1) is 0 Å². The molecule has 1 unspecified atom stereocenters. The van der Waals surface area contributed by atoms with Crippen molar-refractivity contribution < 1.29 is 4.74 Å². The molecule has 1 aromatic rings. The third kappa shape index (κ3) is 3.23. The minimum absolute atomic E-state index is 0.0313. The van der Waals surface area contributed by atoms with Gasteiger partial charge in [0, 0.05) is 30.4 Å². The number of methoxy groups -OCH3 is 1. The molecule has 20 heavy (non-hydrogen) atoms. The van der Waals surface area contributed by atoms with Gasteiger partial charge in [0.05, 0.1) is 16.3 Å². The molecule has 1 atom stereocenters. The Morgan fingerprint density at radius 2 is 2.15 bits per heavy atom. The quantitative estimate of drug-likeness (QED) is 0.872. The van der Waals surface area contributed by atoms with E-state index in [1.807, 2.05) is 7.11 Å². The highest BCUT2D eigenvalue weighted by Gasteiger charge is 2.44. The SMILES string of the molecule is CCNC(Cc1nc(C(C)(C)C)cs1)C1(OC)CCC1. The molecule has 0 spiro atoms. The van der Waals surface area contributed by atoms with Gasteiger partial charge >= 0.3 is 0 Å². The minimum Gasteiger partial charge on any atom is -0.377 e. The number of hydrogen-bond acceptors (Lipinski definition) is 4. The Labute approximate surface area is 127 Å². The van der Waals surface area contributed by atoms with Crippen molar-refractivity contribution in [2.45, 2.75) is 70.4 Å². The van der Waals surface area contributed by atoms with E-state index in [2.05, 4.69) is 38.4 Å². The highest BCUT2D eigenvalue weighted by atomic mass is 32.1. The zero-order valence-electron chi connectivity index (χ0n) is 13.5. The van der Waals surface area contributed by atoms with Gasteiger partial charge in [0.1, 0.15) is 0 Å². The molecule has 2 rings (SSSR count).